The first-order valence-corrected chi connectivity index (χ1v) is 7.94. The number of anilines is 1. The van der Waals surface area contributed by atoms with Crippen molar-refractivity contribution >= 4 is 11.6 Å². The van der Waals surface area contributed by atoms with Gasteiger partial charge in [0.1, 0.15) is 0 Å². The lowest BCUT2D eigenvalue weighted by atomic mass is 10.0. The molecular weight excluding hydrogens is 262 g/mol. The highest BCUT2D eigenvalue weighted by Crippen LogP contribution is 2.17. The number of nitrogens with zero attached hydrogens (tertiary/aromatic N) is 1. The summed E-state index contributed by atoms with van der Waals surface area (Å²) in [6, 6.07) is 8.00. The monoisotopic (exact) mass is 289 g/mol. The molecule has 0 aromatic heterocycles. The Labute approximate surface area is 127 Å². The van der Waals surface area contributed by atoms with Gasteiger partial charge in [0.05, 0.1) is 5.92 Å². The van der Waals surface area contributed by atoms with Crippen LogP contribution in [0.4, 0.5) is 5.69 Å². The second-order valence-corrected chi connectivity index (χ2v) is 6.17. The quantitative estimate of drug-likeness (QED) is 0.876. The lowest BCUT2D eigenvalue weighted by molar-refractivity contribution is -0.119. The number of amides is 1. The van der Waals surface area contributed by atoms with Gasteiger partial charge in [-0.25, -0.2) is 0 Å². The molecule has 0 saturated carbocycles. The largest absolute Gasteiger partial charge is 0.327 e. The Morgan fingerprint density at radius 1 is 1.29 bits per heavy atom. The van der Waals surface area contributed by atoms with Crippen LogP contribution >= 0.6 is 0 Å². The van der Waals surface area contributed by atoms with E-state index in [2.05, 4.69) is 22.3 Å². The van der Waals surface area contributed by atoms with E-state index >= 15 is 0 Å². The smallest absolute Gasteiger partial charge is 0.228 e. The Kier molecular flexibility index (Phi) is 5.76. The molecule has 4 heteroatoms. The third-order valence-corrected chi connectivity index (χ3v) is 4.25. The summed E-state index contributed by atoms with van der Waals surface area (Å²) in [5, 5.41) is 2.96. The summed E-state index contributed by atoms with van der Waals surface area (Å²) >= 11 is 0. The van der Waals surface area contributed by atoms with Gasteiger partial charge in [-0.3, -0.25) is 9.69 Å². The molecule has 116 valence electrons. The van der Waals surface area contributed by atoms with E-state index in [9.17, 15) is 4.79 Å². The third kappa shape index (κ3) is 4.83. The van der Waals surface area contributed by atoms with Crippen molar-refractivity contribution in [3.05, 3.63) is 29.8 Å². The Morgan fingerprint density at radius 2 is 2.00 bits per heavy atom. The number of hydrogen-bond donors (Lipinski definition) is 2. The topological polar surface area (TPSA) is 58.4 Å². The molecule has 2 atom stereocenters. The van der Waals surface area contributed by atoms with Crippen molar-refractivity contribution in [3.8, 4) is 0 Å². The van der Waals surface area contributed by atoms with Crippen molar-refractivity contribution in [2.24, 2.45) is 11.7 Å². The van der Waals surface area contributed by atoms with Crippen LogP contribution in [0.3, 0.4) is 0 Å². The van der Waals surface area contributed by atoms with Gasteiger partial charge >= 0.3 is 0 Å². The first-order valence-electron chi connectivity index (χ1n) is 7.94. The van der Waals surface area contributed by atoms with Crippen LogP contribution in [0.15, 0.2) is 24.3 Å². The second-order valence-electron chi connectivity index (χ2n) is 6.17. The number of hydrogen-bond acceptors (Lipinski definition) is 3. The molecule has 0 radical (unpaired) electrons. The first-order chi connectivity index (χ1) is 10.1. The summed E-state index contributed by atoms with van der Waals surface area (Å²) in [7, 11) is 0. The lowest BCUT2D eigenvalue weighted by Crippen LogP contribution is -2.34. The third-order valence-electron chi connectivity index (χ3n) is 4.25. The molecule has 1 aliphatic heterocycles. The van der Waals surface area contributed by atoms with Crippen LogP contribution in [0, 0.1) is 5.92 Å². The summed E-state index contributed by atoms with van der Waals surface area (Å²) in [5.74, 6) is -0.198. The standard InChI is InChI=1S/C17H27N3O/c1-13(14(2)18)17(21)19-16-8-6-7-15(11-16)12-20-9-4-3-5-10-20/h6-8,11,13-14H,3-5,9-10,12,18H2,1-2H3,(H,19,21). The predicted octanol–water partition coefficient (Wildman–Crippen LogP) is 2.59. The van der Waals surface area contributed by atoms with E-state index < -0.39 is 0 Å². The average molecular weight is 289 g/mol. The number of likely N-dealkylation sites (tertiary alicyclic amines) is 1. The highest BCUT2D eigenvalue weighted by atomic mass is 16.1. The molecule has 0 spiro atoms. The number of carbonyl (C=O) groups is 1. The van der Waals surface area contributed by atoms with Gasteiger partial charge in [0, 0.05) is 18.3 Å². The zero-order chi connectivity index (χ0) is 15.2. The van der Waals surface area contributed by atoms with Crippen molar-refractivity contribution < 1.29 is 4.79 Å². The molecule has 1 aliphatic rings. The summed E-state index contributed by atoms with van der Waals surface area (Å²) in [4.78, 5) is 14.5. The van der Waals surface area contributed by atoms with Crippen LogP contribution in [0.5, 0.6) is 0 Å². The van der Waals surface area contributed by atoms with Gasteiger partial charge in [0.15, 0.2) is 0 Å². The van der Waals surface area contributed by atoms with Gasteiger partial charge in [0.25, 0.3) is 0 Å². The molecule has 2 unspecified atom stereocenters. The van der Waals surface area contributed by atoms with E-state index in [1.165, 1.54) is 37.9 Å². The number of nitrogens with two attached hydrogens (primary N) is 1. The normalized spacial score (nSPS) is 19.0. The van der Waals surface area contributed by atoms with E-state index in [1.807, 2.05) is 26.0 Å². The second kappa shape index (κ2) is 7.57. The molecule has 3 N–H and O–H groups in total. The van der Waals surface area contributed by atoms with Gasteiger partial charge in [-0.2, -0.15) is 0 Å². The number of piperidine rings is 1. The summed E-state index contributed by atoms with van der Waals surface area (Å²) in [5.41, 5.74) is 7.89. The maximum absolute atomic E-state index is 12.1. The molecule has 1 heterocycles. The zero-order valence-corrected chi connectivity index (χ0v) is 13.1. The first kappa shape index (κ1) is 16.0. The van der Waals surface area contributed by atoms with Crippen LogP contribution in [0.1, 0.15) is 38.7 Å². The Hall–Kier alpha value is -1.39. The summed E-state index contributed by atoms with van der Waals surface area (Å²) in [6.45, 7) is 7.04. The average Bonchev–Trinajstić information content (AvgIpc) is 2.47. The molecule has 1 saturated heterocycles. The molecule has 1 amide bonds. The van der Waals surface area contributed by atoms with Gasteiger partial charge < -0.3 is 11.1 Å². The fraction of sp³-hybridized carbons (Fsp3) is 0.588. The van der Waals surface area contributed by atoms with Crippen LogP contribution in [-0.2, 0) is 11.3 Å². The van der Waals surface area contributed by atoms with E-state index in [0.29, 0.717) is 0 Å². The van der Waals surface area contributed by atoms with Crippen LogP contribution in [0.25, 0.3) is 0 Å². The van der Waals surface area contributed by atoms with Crippen molar-refractivity contribution in [2.45, 2.75) is 45.7 Å². The Bertz CT molecular complexity index is 467. The Morgan fingerprint density at radius 3 is 2.67 bits per heavy atom. The van der Waals surface area contributed by atoms with Crippen LogP contribution in [-0.4, -0.2) is 29.9 Å². The fourth-order valence-corrected chi connectivity index (χ4v) is 2.62. The van der Waals surface area contributed by atoms with E-state index in [4.69, 9.17) is 5.73 Å². The molecule has 4 nitrogen and oxygen atoms in total. The van der Waals surface area contributed by atoms with Crippen molar-refractivity contribution in [2.75, 3.05) is 18.4 Å². The summed E-state index contributed by atoms with van der Waals surface area (Å²) < 4.78 is 0. The molecule has 0 bridgehead atoms. The minimum Gasteiger partial charge on any atom is -0.327 e. The number of benzene rings is 1. The van der Waals surface area contributed by atoms with Crippen molar-refractivity contribution in [1.29, 1.82) is 0 Å². The molecular formula is C17H27N3O. The zero-order valence-electron chi connectivity index (χ0n) is 13.1. The van der Waals surface area contributed by atoms with Gasteiger partial charge in [-0.05, 0) is 50.6 Å². The minimum absolute atomic E-state index is 0.0138. The highest BCUT2D eigenvalue weighted by molar-refractivity contribution is 5.92. The maximum atomic E-state index is 12.1. The SMILES string of the molecule is CC(N)C(C)C(=O)Nc1cccc(CN2CCCCC2)c1. The molecule has 1 aromatic carbocycles. The predicted molar refractivity (Wildman–Crippen MR) is 87.0 cm³/mol. The molecule has 2 rings (SSSR count). The minimum atomic E-state index is -0.184. The van der Waals surface area contributed by atoms with Crippen LogP contribution < -0.4 is 11.1 Å². The lowest BCUT2D eigenvalue weighted by Gasteiger charge is -2.26. The highest BCUT2D eigenvalue weighted by Gasteiger charge is 2.17. The van der Waals surface area contributed by atoms with Gasteiger partial charge in [-0.15, -0.1) is 0 Å². The maximum Gasteiger partial charge on any atom is 0.228 e. The van der Waals surface area contributed by atoms with Crippen molar-refractivity contribution in [1.82, 2.24) is 4.90 Å². The summed E-state index contributed by atoms with van der Waals surface area (Å²) in [6.07, 6.45) is 3.94. The van der Waals surface area contributed by atoms with Crippen LogP contribution in [0.2, 0.25) is 0 Å². The molecule has 0 aliphatic carbocycles. The van der Waals surface area contributed by atoms with E-state index in [-0.39, 0.29) is 17.9 Å². The number of rotatable bonds is 5. The van der Waals surface area contributed by atoms with Gasteiger partial charge in [-0.1, -0.05) is 25.5 Å². The number of carbonyl (C=O) groups excluding carboxylic acids is 1. The molecule has 1 fully saturated rings. The molecule has 1 aromatic rings. The van der Waals surface area contributed by atoms with Gasteiger partial charge in [0.2, 0.25) is 5.91 Å². The van der Waals surface area contributed by atoms with E-state index in [0.717, 1.165) is 12.2 Å². The molecule has 21 heavy (non-hydrogen) atoms. The fourth-order valence-electron chi connectivity index (χ4n) is 2.62. The van der Waals surface area contributed by atoms with Crippen molar-refractivity contribution in [3.63, 3.8) is 0 Å². The Balaban J connectivity index is 1.95. The number of nitrogens with one attached hydrogen (secondary N) is 1. The van der Waals surface area contributed by atoms with E-state index in [1.54, 1.807) is 0 Å².